The van der Waals surface area contributed by atoms with E-state index in [0.717, 1.165) is 16.8 Å². The zero-order chi connectivity index (χ0) is 17.0. The minimum Gasteiger partial charge on any atom is -0.464 e. The molecule has 0 radical (unpaired) electrons. The fourth-order valence-corrected chi connectivity index (χ4v) is 2.30. The van der Waals surface area contributed by atoms with Gasteiger partial charge in [-0.05, 0) is 36.1 Å². The zero-order valence-corrected chi connectivity index (χ0v) is 13.7. The quantitative estimate of drug-likeness (QED) is 0.877. The van der Waals surface area contributed by atoms with Crippen molar-refractivity contribution in [3.8, 4) is 0 Å². The summed E-state index contributed by atoms with van der Waals surface area (Å²) in [7, 11) is 1.28. The first kappa shape index (κ1) is 16.7. The predicted molar refractivity (Wildman–Crippen MR) is 88.8 cm³/mol. The number of ether oxygens (including phenoxy) is 1. The number of nitrogens with zero attached hydrogens (tertiary/aromatic N) is 1. The van der Waals surface area contributed by atoms with Gasteiger partial charge in [0.05, 0.1) is 7.11 Å². The predicted octanol–water partition coefficient (Wildman–Crippen LogP) is 3.55. The third-order valence-corrected chi connectivity index (χ3v) is 3.54. The van der Waals surface area contributed by atoms with Crippen molar-refractivity contribution in [2.75, 3.05) is 12.4 Å². The number of carbonyl (C=O) groups is 2. The van der Waals surface area contributed by atoms with Crippen LogP contribution in [0.2, 0.25) is 0 Å². The molecule has 1 amide bonds. The lowest BCUT2D eigenvalue weighted by Gasteiger charge is -2.16. The molecule has 0 aliphatic rings. The Labute approximate surface area is 135 Å². The molecule has 1 N–H and O–H groups in total. The van der Waals surface area contributed by atoms with E-state index in [2.05, 4.69) is 28.9 Å². The van der Waals surface area contributed by atoms with Gasteiger partial charge in [-0.1, -0.05) is 38.1 Å². The lowest BCUT2D eigenvalue weighted by atomic mass is 9.98. The molecule has 0 bridgehead atoms. The van der Waals surface area contributed by atoms with E-state index in [1.54, 1.807) is 12.1 Å². The van der Waals surface area contributed by atoms with Crippen LogP contribution >= 0.6 is 0 Å². The topological polar surface area (TPSA) is 68.3 Å². The van der Waals surface area contributed by atoms with Gasteiger partial charge in [-0.15, -0.1) is 0 Å². The van der Waals surface area contributed by atoms with Crippen molar-refractivity contribution in [1.82, 2.24) is 4.98 Å². The highest BCUT2D eigenvalue weighted by molar-refractivity contribution is 6.04. The molecule has 1 aromatic carbocycles. The number of nitrogens with one attached hydrogen (secondary N) is 1. The summed E-state index contributed by atoms with van der Waals surface area (Å²) in [6.07, 6.45) is 0. The number of aromatic nitrogens is 1. The molecular formula is C18H20N2O3. The number of aryl methyl sites for hydroxylation is 1. The van der Waals surface area contributed by atoms with Crippen LogP contribution in [0.15, 0.2) is 36.4 Å². The van der Waals surface area contributed by atoms with Crippen molar-refractivity contribution in [3.63, 3.8) is 0 Å². The third-order valence-electron chi connectivity index (χ3n) is 3.54. The summed E-state index contributed by atoms with van der Waals surface area (Å²) >= 11 is 0. The maximum absolute atomic E-state index is 12.5. The minimum absolute atomic E-state index is 0.106. The maximum atomic E-state index is 12.5. The number of carbonyl (C=O) groups excluding carboxylic acids is 2. The first-order valence-electron chi connectivity index (χ1n) is 7.40. The van der Waals surface area contributed by atoms with Crippen LogP contribution in [0.4, 0.5) is 5.69 Å². The standard InChI is InChI=1S/C18H20N2O3/c1-11(2)13-8-5-7-12(3)16(13)20-17(21)14-9-6-10-15(19-14)18(22)23-4/h5-11H,1-4H3,(H,20,21). The summed E-state index contributed by atoms with van der Waals surface area (Å²) in [5.41, 5.74) is 3.11. The fraction of sp³-hybridized carbons (Fsp3) is 0.278. The second-order valence-electron chi connectivity index (χ2n) is 5.55. The van der Waals surface area contributed by atoms with E-state index in [-0.39, 0.29) is 23.2 Å². The molecule has 0 fully saturated rings. The molecule has 0 aliphatic carbocycles. The van der Waals surface area contributed by atoms with E-state index in [1.165, 1.54) is 13.2 Å². The molecule has 120 valence electrons. The number of methoxy groups -OCH3 is 1. The average Bonchev–Trinajstić information content (AvgIpc) is 2.55. The number of amides is 1. The summed E-state index contributed by atoms with van der Waals surface area (Å²) in [5.74, 6) is -0.648. The number of hydrogen-bond acceptors (Lipinski definition) is 4. The summed E-state index contributed by atoms with van der Waals surface area (Å²) in [4.78, 5) is 28.1. The molecule has 1 heterocycles. The normalized spacial score (nSPS) is 10.5. The number of esters is 1. The van der Waals surface area contributed by atoms with E-state index in [0.29, 0.717) is 0 Å². The van der Waals surface area contributed by atoms with Crippen molar-refractivity contribution in [2.45, 2.75) is 26.7 Å². The van der Waals surface area contributed by atoms with Gasteiger partial charge in [0, 0.05) is 5.69 Å². The Hall–Kier alpha value is -2.69. The molecule has 5 nitrogen and oxygen atoms in total. The Morgan fingerprint density at radius 3 is 2.39 bits per heavy atom. The van der Waals surface area contributed by atoms with Gasteiger partial charge in [-0.3, -0.25) is 4.79 Å². The largest absolute Gasteiger partial charge is 0.464 e. The molecule has 1 aromatic heterocycles. The Balaban J connectivity index is 2.32. The monoisotopic (exact) mass is 312 g/mol. The van der Waals surface area contributed by atoms with Crippen molar-refractivity contribution < 1.29 is 14.3 Å². The zero-order valence-electron chi connectivity index (χ0n) is 13.7. The van der Waals surface area contributed by atoms with Crippen LogP contribution in [0.1, 0.15) is 51.9 Å². The smallest absolute Gasteiger partial charge is 0.356 e. The van der Waals surface area contributed by atoms with Gasteiger partial charge in [-0.2, -0.15) is 0 Å². The van der Waals surface area contributed by atoms with Crippen molar-refractivity contribution in [2.24, 2.45) is 0 Å². The van der Waals surface area contributed by atoms with Gasteiger partial charge in [0.15, 0.2) is 0 Å². The SMILES string of the molecule is COC(=O)c1cccc(C(=O)Nc2c(C)cccc2C(C)C)n1. The maximum Gasteiger partial charge on any atom is 0.356 e. The summed E-state index contributed by atoms with van der Waals surface area (Å²) in [6, 6.07) is 10.6. The van der Waals surface area contributed by atoms with Gasteiger partial charge in [0.1, 0.15) is 11.4 Å². The van der Waals surface area contributed by atoms with Crippen LogP contribution in [0.25, 0.3) is 0 Å². The minimum atomic E-state index is -0.571. The lowest BCUT2D eigenvalue weighted by molar-refractivity contribution is 0.0594. The molecule has 0 saturated carbocycles. The van der Waals surface area contributed by atoms with Gasteiger partial charge in [0.2, 0.25) is 0 Å². The highest BCUT2D eigenvalue weighted by Crippen LogP contribution is 2.27. The molecule has 5 heteroatoms. The van der Waals surface area contributed by atoms with E-state index >= 15 is 0 Å². The van der Waals surface area contributed by atoms with E-state index in [4.69, 9.17) is 0 Å². The van der Waals surface area contributed by atoms with Gasteiger partial charge >= 0.3 is 5.97 Å². The molecule has 0 saturated heterocycles. The Morgan fingerprint density at radius 2 is 1.74 bits per heavy atom. The summed E-state index contributed by atoms with van der Waals surface area (Å²) < 4.78 is 4.63. The molecule has 0 spiro atoms. The van der Waals surface area contributed by atoms with E-state index < -0.39 is 5.97 Å². The highest BCUT2D eigenvalue weighted by Gasteiger charge is 2.16. The molecule has 0 atom stereocenters. The van der Waals surface area contributed by atoms with Crippen LogP contribution < -0.4 is 5.32 Å². The number of para-hydroxylation sites is 1. The summed E-state index contributed by atoms with van der Waals surface area (Å²) in [5, 5.41) is 2.91. The first-order valence-corrected chi connectivity index (χ1v) is 7.40. The number of pyridine rings is 1. The van der Waals surface area contributed by atoms with Crippen LogP contribution in [0, 0.1) is 6.92 Å². The Bertz CT molecular complexity index is 739. The van der Waals surface area contributed by atoms with Crippen LogP contribution in [0.5, 0.6) is 0 Å². The fourth-order valence-electron chi connectivity index (χ4n) is 2.30. The second-order valence-corrected chi connectivity index (χ2v) is 5.55. The van der Waals surface area contributed by atoms with Crippen molar-refractivity contribution >= 4 is 17.6 Å². The molecular weight excluding hydrogens is 292 g/mol. The average molecular weight is 312 g/mol. The molecule has 23 heavy (non-hydrogen) atoms. The van der Waals surface area contributed by atoms with Crippen molar-refractivity contribution in [3.05, 3.63) is 58.9 Å². The molecule has 0 aliphatic heterocycles. The van der Waals surface area contributed by atoms with Gasteiger partial charge in [-0.25, -0.2) is 9.78 Å². The van der Waals surface area contributed by atoms with Gasteiger partial charge < -0.3 is 10.1 Å². The van der Waals surface area contributed by atoms with E-state index in [9.17, 15) is 9.59 Å². The Morgan fingerprint density at radius 1 is 1.09 bits per heavy atom. The third kappa shape index (κ3) is 3.74. The Kier molecular flexibility index (Phi) is 5.11. The lowest BCUT2D eigenvalue weighted by Crippen LogP contribution is -2.17. The number of hydrogen-bond donors (Lipinski definition) is 1. The van der Waals surface area contributed by atoms with Crippen LogP contribution in [-0.2, 0) is 4.74 Å². The number of anilines is 1. The van der Waals surface area contributed by atoms with Crippen LogP contribution in [0.3, 0.4) is 0 Å². The number of benzene rings is 1. The van der Waals surface area contributed by atoms with Gasteiger partial charge in [0.25, 0.3) is 5.91 Å². The van der Waals surface area contributed by atoms with Crippen molar-refractivity contribution in [1.29, 1.82) is 0 Å². The first-order chi connectivity index (χ1) is 10.9. The highest BCUT2D eigenvalue weighted by atomic mass is 16.5. The molecule has 2 rings (SSSR count). The number of rotatable bonds is 4. The van der Waals surface area contributed by atoms with E-state index in [1.807, 2.05) is 25.1 Å². The molecule has 0 unspecified atom stereocenters. The van der Waals surface area contributed by atoms with Crippen LogP contribution in [-0.4, -0.2) is 24.0 Å². The summed E-state index contributed by atoms with van der Waals surface area (Å²) in [6.45, 7) is 6.08. The molecule has 2 aromatic rings. The second kappa shape index (κ2) is 7.05.